The van der Waals surface area contributed by atoms with E-state index in [1.807, 2.05) is 12.1 Å². The monoisotopic (exact) mass is 468 g/mol. The fourth-order valence-electron chi connectivity index (χ4n) is 3.33. The van der Waals surface area contributed by atoms with Gasteiger partial charge in [0.25, 0.3) is 0 Å². The highest BCUT2D eigenvalue weighted by atomic mass is 32.3. The maximum atomic E-state index is 14.6. The summed E-state index contributed by atoms with van der Waals surface area (Å²) in [5.74, 6) is 0.0785. The minimum Gasteiger partial charge on any atom is -0.356 e. The van der Waals surface area contributed by atoms with E-state index in [-0.39, 0.29) is 11.1 Å². The van der Waals surface area contributed by atoms with E-state index in [4.69, 9.17) is 4.52 Å². The van der Waals surface area contributed by atoms with E-state index in [9.17, 15) is 13.5 Å². The molecule has 0 atom stereocenters. The van der Waals surface area contributed by atoms with Crippen molar-refractivity contribution < 1.29 is 18.0 Å². The smallest absolute Gasteiger partial charge is 0.169 e. The lowest BCUT2D eigenvalue weighted by atomic mass is 10.1. The van der Waals surface area contributed by atoms with Crippen LogP contribution in [0.2, 0.25) is 0 Å². The van der Waals surface area contributed by atoms with Crippen LogP contribution < -0.4 is 5.32 Å². The SMILES string of the molecule is CNCc1ccc(-c2cc(-c3cncc(-c4ccc(S(O)(O)C(C)C)cn4)c3)on2)c(F)c1. The second-order valence-electron chi connectivity index (χ2n) is 7.90. The van der Waals surface area contributed by atoms with Crippen molar-refractivity contribution in [1.82, 2.24) is 20.4 Å². The Bertz CT molecular complexity index is 1260. The molecule has 0 unspecified atom stereocenters. The summed E-state index contributed by atoms with van der Waals surface area (Å²) in [6.07, 6.45) is 4.76. The summed E-state index contributed by atoms with van der Waals surface area (Å²) in [6.45, 7) is 4.08. The summed E-state index contributed by atoms with van der Waals surface area (Å²) in [6, 6.07) is 11.9. The Kier molecular flexibility index (Phi) is 6.57. The maximum Gasteiger partial charge on any atom is 0.169 e. The van der Waals surface area contributed by atoms with Crippen LogP contribution >= 0.6 is 10.6 Å². The van der Waals surface area contributed by atoms with Gasteiger partial charge in [-0.15, -0.1) is 0 Å². The lowest BCUT2D eigenvalue weighted by molar-refractivity contribution is 0.434. The zero-order chi connectivity index (χ0) is 23.6. The van der Waals surface area contributed by atoms with Gasteiger partial charge in [-0.1, -0.05) is 11.2 Å². The number of pyridine rings is 2. The lowest BCUT2D eigenvalue weighted by Gasteiger charge is -2.36. The van der Waals surface area contributed by atoms with Crippen molar-refractivity contribution in [3.05, 3.63) is 72.4 Å². The van der Waals surface area contributed by atoms with Gasteiger partial charge in [0.1, 0.15) is 11.5 Å². The molecule has 1 aromatic carbocycles. The molecule has 7 nitrogen and oxygen atoms in total. The molecule has 0 radical (unpaired) electrons. The molecule has 3 aromatic heterocycles. The molecule has 4 rings (SSSR count). The molecule has 172 valence electrons. The highest BCUT2D eigenvalue weighted by Crippen LogP contribution is 2.51. The van der Waals surface area contributed by atoms with Crippen LogP contribution in [0.1, 0.15) is 19.4 Å². The second-order valence-corrected chi connectivity index (χ2v) is 10.5. The van der Waals surface area contributed by atoms with E-state index in [0.29, 0.717) is 39.7 Å². The summed E-state index contributed by atoms with van der Waals surface area (Å²) in [5.41, 5.74) is 3.60. The zero-order valence-electron chi connectivity index (χ0n) is 18.5. The summed E-state index contributed by atoms with van der Waals surface area (Å²) >= 11 is 0. The number of benzene rings is 1. The maximum absolute atomic E-state index is 14.6. The number of nitrogens with one attached hydrogen (secondary N) is 1. The number of hydrogen-bond acceptors (Lipinski definition) is 7. The van der Waals surface area contributed by atoms with Gasteiger partial charge in [0.15, 0.2) is 5.76 Å². The summed E-state index contributed by atoms with van der Waals surface area (Å²) in [4.78, 5) is 9.04. The number of halogens is 1. The second kappa shape index (κ2) is 9.40. The molecule has 0 aliphatic rings. The minimum absolute atomic E-state index is 0.305. The molecule has 0 amide bonds. The van der Waals surface area contributed by atoms with Crippen molar-refractivity contribution in [2.45, 2.75) is 30.5 Å². The van der Waals surface area contributed by atoms with Crippen molar-refractivity contribution in [2.24, 2.45) is 0 Å². The van der Waals surface area contributed by atoms with Gasteiger partial charge in [-0.25, -0.2) is 4.39 Å². The molecular formula is C24H25FN4O3S. The summed E-state index contributed by atoms with van der Waals surface area (Å²) < 4.78 is 40.7. The van der Waals surface area contributed by atoms with Crippen molar-refractivity contribution in [1.29, 1.82) is 0 Å². The molecule has 0 spiro atoms. The van der Waals surface area contributed by atoms with Gasteiger partial charge >= 0.3 is 0 Å². The molecule has 9 heteroatoms. The molecule has 0 saturated heterocycles. The van der Waals surface area contributed by atoms with Crippen LogP contribution in [0.4, 0.5) is 4.39 Å². The highest BCUT2D eigenvalue weighted by molar-refractivity contribution is 8.24. The standard InChI is InChI=1S/C24H25FN4O3S/c1-15(2)33(30,31)19-5-7-22(28-14-19)17-9-18(13-27-12-17)24-10-23(29-32-24)20-6-4-16(11-26-3)8-21(20)25/h4-10,12-15,26,30-31H,11H2,1-3H3. The van der Waals surface area contributed by atoms with Crippen LogP contribution in [0.3, 0.4) is 0 Å². The molecular weight excluding hydrogens is 443 g/mol. The normalized spacial score (nSPS) is 12.3. The molecule has 33 heavy (non-hydrogen) atoms. The van der Waals surface area contributed by atoms with Crippen molar-refractivity contribution >= 4 is 10.6 Å². The lowest BCUT2D eigenvalue weighted by Crippen LogP contribution is -2.10. The molecule has 0 fully saturated rings. The van der Waals surface area contributed by atoms with Crippen LogP contribution in [0.5, 0.6) is 0 Å². The Morgan fingerprint density at radius 2 is 1.79 bits per heavy atom. The first kappa shape index (κ1) is 23.1. The van der Waals surface area contributed by atoms with Gasteiger partial charge < -0.3 is 9.84 Å². The topological polar surface area (TPSA) is 104 Å². The van der Waals surface area contributed by atoms with Gasteiger partial charge in [0.2, 0.25) is 0 Å². The Morgan fingerprint density at radius 3 is 2.45 bits per heavy atom. The average molecular weight is 469 g/mol. The minimum atomic E-state index is -2.90. The van der Waals surface area contributed by atoms with Crippen molar-refractivity contribution in [3.63, 3.8) is 0 Å². The predicted molar refractivity (Wildman–Crippen MR) is 127 cm³/mol. The predicted octanol–water partition coefficient (Wildman–Crippen LogP) is 5.84. The average Bonchev–Trinajstić information content (AvgIpc) is 3.29. The van der Waals surface area contributed by atoms with E-state index in [1.165, 1.54) is 12.3 Å². The van der Waals surface area contributed by atoms with Crippen LogP contribution in [0, 0.1) is 5.82 Å². The first-order valence-electron chi connectivity index (χ1n) is 10.4. The van der Waals surface area contributed by atoms with E-state index in [2.05, 4.69) is 20.4 Å². The third-order valence-electron chi connectivity index (χ3n) is 5.26. The van der Waals surface area contributed by atoms with Crippen LogP contribution in [-0.2, 0) is 6.54 Å². The van der Waals surface area contributed by atoms with Crippen molar-refractivity contribution in [2.75, 3.05) is 7.05 Å². The van der Waals surface area contributed by atoms with Gasteiger partial charge in [-0.3, -0.25) is 19.1 Å². The molecule has 3 N–H and O–H groups in total. The Morgan fingerprint density at radius 1 is 1.00 bits per heavy atom. The van der Waals surface area contributed by atoms with E-state index in [0.717, 1.165) is 11.1 Å². The molecule has 0 bridgehead atoms. The van der Waals surface area contributed by atoms with Gasteiger partial charge in [-0.2, -0.15) is 10.6 Å². The van der Waals surface area contributed by atoms with E-state index < -0.39 is 10.6 Å². The van der Waals surface area contributed by atoms with Gasteiger partial charge in [0.05, 0.1) is 16.8 Å². The number of aromatic nitrogens is 3. The van der Waals surface area contributed by atoms with E-state index >= 15 is 0 Å². The number of rotatable bonds is 7. The fraction of sp³-hybridized carbons (Fsp3) is 0.208. The van der Waals surface area contributed by atoms with Gasteiger partial charge in [0, 0.05) is 46.9 Å². The third kappa shape index (κ3) is 4.81. The van der Waals surface area contributed by atoms with Gasteiger partial charge in [-0.05, 0) is 56.8 Å². The molecule has 0 aliphatic carbocycles. The Labute approximate surface area is 193 Å². The number of nitrogens with zero attached hydrogens (tertiary/aromatic N) is 3. The zero-order valence-corrected chi connectivity index (χ0v) is 19.3. The largest absolute Gasteiger partial charge is 0.356 e. The van der Waals surface area contributed by atoms with E-state index in [1.54, 1.807) is 57.6 Å². The quantitative estimate of drug-likeness (QED) is 0.313. The molecule has 4 aromatic rings. The molecule has 0 saturated carbocycles. The first-order valence-corrected chi connectivity index (χ1v) is 12.0. The van der Waals surface area contributed by atoms with Crippen LogP contribution in [-0.4, -0.2) is 36.5 Å². The molecule has 0 aliphatic heterocycles. The molecule has 3 heterocycles. The Hall–Kier alpha value is -3.11. The first-order chi connectivity index (χ1) is 15.8. The third-order valence-corrected chi connectivity index (χ3v) is 7.51. The summed E-state index contributed by atoms with van der Waals surface area (Å²) in [7, 11) is -1.09. The van der Waals surface area contributed by atoms with Crippen LogP contribution in [0.25, 0.3) is 33.8 Å². The summed E-state index contributed by atoms with van der Waals surface area (Å²) in [5, 5.41) is 6.72. The van der Waals surface area contributed by atoms with Crippen molar-refractivity contribution in [3.8, 4) is 33.8 Å². The highest BCUT2D eigenvalue weighted by Gasteiger charge is 2.20. The van der Waals surface area contributed by atoms with Crippen LogP contribution in [0.15, 0.2) is 70.5 Å². The fourth-order valence-corrected chi connectivity index (χ4v) is 4.35. The number of hydrogen-bond donors (Lipinski definition) is 3. The Balaban J connectivity index is 1.60.